The van der Waals surface area contributed by atoms with Gasteiger partial charge in [-0.2, -0.15) is 0 Å². The van der Waals surface area contributed by atoms with Crippen LogP contribution in [0.25, 0.3) is 0 Å². The van der Waals surface area contributed by atoms with Gasteiger partial charge in [-0.1, -0.05) is 0 Å². The van der Waals surface area contributed by atoms with E-state index >= 15 is 0 Å². The van der Waals surface area contributed by atoms with E-state index in [-0.39, 0.29) is 11.9 Å². The zero-order chi connectivity index (χ0) is 12.3. The molecule has 0 unspecified atom stereocenters. The number of carbonyl (C=O) groups is 2. The van der Waals surface area contributed by atoms with Crippen LogP contribution in [-0.4, -0.2) is 59.4 Å². The zero-order valence-electron chi connectivity index (χ0n) is 9.93. The Bertz CT molecular complexity index is 323. The fourth-order valence-corrected chi connectivity index (χ4v) is 1.65. The summed E-state index contributed by atoms with van der Waals surface area (Å²) in [5.41, 5.74) is 0.360. The molecule has 0 aromatic carbocycles. The number of piperazine rings is 1. The van der Waals surface area contributed by atoms with Crippen LogP contribution < -0.4 is 0 Å². The van der Waals surface area contributed by atoms with E-state index in [2.05, 4.69) is 0 Å². The molecule has 0 aliphatic carbocycles. The molecule has 1 N–H and O–H groups in total. The van der Waals surface area contributed by atoms with E-state index in [1.165, 1.54) is 6.08 Å². The number of aliphatic hydroxyl groups is 1. The number of amides is 1. The highest BCUT2D eigenvalue weighted by Gasteiger charge is 2.28. The Morgan fingerprint density at radius 2 is 2.12 bits per heavy atom. The average molecular weight is 226 g/mol. The molecule has 90 valence electrons. The fourth-order valence-electron chi connectivity index (χ4n) is 1.65. The van der Waals surface area contributed by atoms with Gasteiger partial charge in [0.1, 0.15) is 12.3 Å². The second kappa shape index (κ2) is 5.12. The van der Waals surface area contributed by atoms with Crippen LogP contribution in [-0.2, 0) is 9.59 Å². The van der Waals surface area contributed by atoms with Crippen LogP contribution >= 0.6 is 0 Å². The maximum Gasteiger partial charge on any atom is 0.270 e. The first-order chi connectivity index (χ1) is 7.47. The Morgan fingerprint density at radius 1 is 1.50 bits per heavy atom. The van der Waals surface area contributed by atoms with Crippen molar-refractivity contribution in [3.63, 3.8) is 0 Å². The largest absolute Gasteiger partial charge is 0.388 e. The van der Waals surface area contributed by atoms with Crippen molar-refractivity contribution in [2.45, 2.75) is 19.9 Å². The molecule has 0 saturated carbocycles. The number of aliphatic hydroxyl groups excluding tert-OH is 1. The highest BCUT2D eigenvalue weighted by atomic mass is 16.3. The van der Waals surface area contributed by atoms with Crippen LogP contribution in [0.2, 0.25) is 0 Å². The number of carbonyl (C=O) groups excluding carboxylic acids is 2. The van der Waals surface area contributed by atoms with E-state index in [0.717, 1.165) is 0 Å². The minimum atomic E-state index is -0.563. The van der Waals surface area contributed by atoms with Crippen molar-refractivity contribution in [3.05, 3.63) is 11.8 Å². The normalized spacial score (nSPS) is 19.8. The summed E-state index contributed by atoms with van der Waals surface area (Å²) in [5.74, 6) is -0.591. The molecule has 0 radical (unpaired) electrons. The molecule has 1 saturated heterocycles. The Labute approximate surface area is 95.3 Å². The monoisotopic (exact) mass is 226 g/mol. The topological polar surface area (TPSA) is 60.9 Å². The Balaban J connectivity index is 2.92. The van der Waals surface area contributed by atoms with Crippen molar-refractivity contribution in [2.75, 3.05) is 26.7 Å². The first-order valence-electron chi connectivity index (χ1n) is 5.35. The molecule has 5 heteroatoms. The number of likely N-dealkylation sites (N-methyl/N-ethyl adjacent to an activating group) is 1. The maximum atomic E-state index is 12.0. The highest BCUT2D eigenvalue weighted by Crippen LogP contribution is 2.15. The van der Waals surface area contributed by atoms with Crippen LogP contribution in [0.4, 0.5) is 0 Å². The van der Waals surface area contributed by atoms with Crippen molar-refractivity contribution in [3.8, 4) is 0 Å². The van der Waals surface area contributed by atoms with Gasteiger partial charge in [-0.05, 0) is 13.8 Å². The van der Waals surface area contributed by atoms with E-state index in [1.807, 2.05) is 13.8 Å². The van der Waals surface area contributed by atoms with Gasteiger partial charge in [-0.25, -0.2) is 0 Å². The quantitative estimate of drug-likeness (QED) is 0.666. The van der Waals surface area contributed by atoms with E-state index in [4.69, 9.17) is 5.11 Å². The van der Waals surface area contributed by atoms with Crippen LogP contribution in [0.1, 0.15) is 13.8 Å². The summed E-state index contributed by atoms with van der Waals surface area (Å²) >= 11 is 0. The van der Waals surface area contributed by atoms with Crippen LogP contribution in [0.5, 0.6) is 0 Å². The molecule has 0 aromatic heterocycles. The lowest BCUT2D eigenvalue weighted by molar-refractivity contribution is -0.133. The number of ketones is 1. The van der Waals surface area contributed by atoms with E-state index in [9.17, 15) is 9.59 Å². The Morgan fingerprint density at radius 3 is 2.62 bits per heavy atom. The maximum absolute atomic E-state index is 12.0. The predicted octanol–water partition coefficient (Wildman–Crippen LogP) is -0.386. The van der Waals surface area contributed by atoms with Gasteiger partial charge in [-0.3, -0.25) is 9.59 Å². The first kappa shape index (κ1) is 12.7. The first-order valence-corrected chi connectivity index (χ1v) is 5.35. The summed E-state index contributed by atoms with van der Waals surface area (Å²) < 4.78 is 0. The third-order valence-electron chi connectivity index (χ3n) is 2.64. The Hall–Kier alpha value is -1.36. The molecule has 5 nitrogen and oxygen atoms in total. The van der Waals surface area contributed by atoms with Gasteiger partial charge in [0.15, 0.2) is 5.78 Å². The molecule has 1 rings (SSSR count). The third-order valence-corrected chi connectivity index (χ3v) is 2.64. The molecule has 16 heavy (non-hydrogen) atoms. The lowest BCUT2D eigenvalue weighted by Gasteiger charge is -2.37. The van der Waals surface area contributed by atoms with Gasteiger partial charge < -0.3 is 14.9 Å². The minimum absolute atomic E-state index is 0.119. The molecule has 0 atom stereocenters. The number of hydrogen-bond donors (Lipinski definition) is 1. The average Bonchev–Trinajstić information content (AvgIpc) is 2.23. The summed E-state index contributed by atoms with van der Waals surface area (Å²) in [7, 11) is 1.77. The second-order valence-electron chi connectivity index (χ2n) is 4.17. The highest BCUT2D eigenvalue weighted by molar-refractivity contribution is 6.02. The second-order valence-corrected chi connectivity index (χ2v) is 4.17. The summed E-state index contributed by atoms with van der Waals surface area (Å²) in [4.78, 5) is 26.6. The molecule has 0 aromatic rings. The van der Waals surface area contributed by atoms with Gasteiger partial charge in [0.25, 0.3) is 5.91 Å². The zero-order valence-corrected chi connectivity index (χ0v) is 9.93. The summed E-state index contributed by atoms with van der Waals surface area (Å²) in [5, 5.41) is 8.68. The summed E-state index contributed by atoms with van der Waals surface area (Å²) in [6.45, 7) is 4.68. The predicted molar refractivity (Wildman–Crippen MR) is 59.7 cm³/mol. The van der Waals surface area contributed by atoms with Gasteiger partial charge in [-0.15, -0.1) is 0 Å². The molecule has 0 spiro atoms. The van der Waals surface area contributed by atoms with E-state index < -0.39 is 12.4 Å². The van der Waals surface area contributed by atoms with Crippen molar-refractivity contribution in [1.29, 1.82) is 0 Å². The molecule has 0 bridgehead atoms. The molecule has 1 aliphatic heterocycles. The minimum Gasteiger partial charge on any atom is -0.388 e. The molecule has 1 heterocycles. The van der Waals surface area contributed by atoms with Gasteiger partial charge in [0.2, 0.25) is 0 Å². The number of rotatable bonds is 3. The van der Waals surface area contributed by atoms with Crippen LogP contribution in [0.15, 0.2) is 11.8 Å². The van der Waals surface area contributed by atoms with Crippen LogP contribution in [0, 0.1) is 0 Å². The number of nitrogens with zero attached hydrogens (tertiary/aromatic N) is 2. The van der Waals surface area contributed by atoms with Gasteiger partial charge >= 0.3 is 0 Å². The summed E-state index contributed by atoms with van der Waals surface area (Å²) in [6.07, 6.45) is 1.22. The van der Waals surface area contributed by atoms with E-state index in [0.29, 0.717) is 18.8 Å². The van der Waals surface area contributed by atoms with Crippen LogP contribution in [0.3, 0.4) is 0 Å². The van der Waals surface area contributed by atoms with Crippen molar-refractivity contribution >= 4 is 11.7 Å². The van der Waals surface area contributed by atoms with Crippen molar-refractivity contribution in [1.82, 2.24) is 9.80 Å². The smallest absolute Gasteiger partial charge is 0.270 e. The molecule has 1 fully saturated rings. The third kappa shape index (κ3) is 2.61. The lowest BCUT2D eigenvalue weighted by Crippen LogP contribution is -2.50. The van der Waals surface area contributed by atoms with Crippen molar-refractivity contribution < 1.29 is 14.7 Å². The Kier molecular flexibility index (Phi) is 4.06. The standard InChI is InChI=1S/C11H18N2O3/c1-8(2)13-5-4-12(3)10(11(13)16)6-9(15)7-14/h6,8,14H,4-5,7H2,1-3H3/b10-6-. The van der Waals surface area contributed by atoms with E-state index in [1.54, 1.807) is 16.8 Å². The van der Waals surface area contributed by atoms with Crippen molar-refractivity contribution in [2.24, 2.45) is 0 Å². The molecule has 1 amide bonds. The lowest BCUT2D eigenvalue weighted by atomic mass is 10.1. The van der Waals surface area contributed by atoms with Gasteiger partial charge in [0.05, 0.1) is 0 Å². The fraction of sp³-hybridized carbons (Fsp3) is 0.636. The summed E-state index contributed by atoms with van der Waals surface area (Å²) in [6, 6.07) is 0.119. The molecular weight excluding hydrogens is 208 g/mol. The molecular formula is C11H18N2O3. The van der Waals surface area contributed by atoms with Gasteiger partial charge in [0, 0.05) is 32.3 Å². The molecule has 1 aliphatic rings. The number of hydrogen-bond acceptors (Lipinski definition) is 4. The SMILES string of the molecule is CC(C)N1CCN(C)/C(=C\C(=O)CO)C1=O.